The van der Waals surface area contributed by atoms with Gasteiger partial charge in [-0.25, -0.2) is 0 Å². The van der Waals surface area contributed by atoms with Crippen LogP contribution >= 0.6 is 0 Å². The molecule has 0 bridgehead atoms. The third-order valence-corrected chi connectivity index (χ3v) is 5.15. The number of methoxy groups -OCH3 is 1. The maximum absolute atomic E-state index is 11.9. The van der Waals surface area contributed by atoms with E-state index < -0.39 is 14.1 Å². The van der Waals surface area contributed by atoms with Crippen molar-refractivity contribution < 1.29 is 14.0 Å². The fourth-order valence-electron chi connectivity index (χ4n) is 3.64. The van der Waals surface area contributed by atoms with Gasteiger partial charge >= 0.3 is 0 Å². The summed E-state index contributed by atoms with van der Waals surface area (Å²) in [5.74, 6) is 0.610. The van der Waals surface area contributed by atoms with Crippen LogP contribution in [0, 0.1) is 17.8 Å². The summed E-state index contributed by atoms with van der Waals surface area (Å²) in [6.45, 7) is 8.64. The van der Waals surface area contributed by atoms with Crippen molar-refractivity contribution in [2.45, 2.75) is 51.6 Å². The van der Waals surface area contributed by atoms with Gasteiger partial charge in [0.05, 0.1) is 0 Å². The number of carbonyl (C=O) groups excluding carboxylic acids is 1. The lowest BCUT2D eigenvalue weighted by Crippen LogP contribution is -2.69. The summed E-state index contributed by atoms with van der Waals surface area (Å²) < 4.78 is 12.0. The zero-order chi connectivity index (χ0) is 12.8. The van der Waals surface area contributed by atoms with Crippen LogP contribution in [0.3, 0.4) is 0 Å². The molecular formula is C13H24O3Si. The molecule has 0 spiro atoms. The molecule has 0 radical (unpaired) electrons. The summed E-state index contributed by atoms with van der Waals surface area (Å²) in [4.78, 5) is 11.9. The summed E-state index contributed by atoms with van der Waals surface area (Å²) in [6, 6.07) is 0. The topological polar surface area (TPSA) is 35.5 Å². The summed E-state index contributed by atoms with van der Waals surface area (Å²) in [6.07, 6.45) is 2.81. The molecule has 4 unspecified atom stereocenters. The molecule has 17 heavy (non-hydrogen) atoms. The standard InChI is InChI=1S/C13H24O3Si/c1-9-12-10(7-6-8-11(12)14)13(9,15-2)16-17(3,4)5/h9-10,12H,6-8H2,1-5H3. The van der Waals surface area contributed by atoms with E-state index >= 15 is 0 Å². The first-order valence-electron chi connectivity index (χ1n) is 6.60. The fraction of sp³-hybridized carbons (Fsp3) is 0.923. The lowest BCUT2D eigenvalue weighted by Gasteiger charge is -2.61. The average Bonchev–Trinajstić information content (AvgIpc) is 2.23. The summed E-state index contributed by atoms with van der Waals surface area (Å²) in [5, 5.41) is 0. The average molecular weight is 256 g/mol. The summed E-state index contributed by atoms with van der Waals surface area (Å²) in [7, 11) is 0.0683. The smallest absolute Gasteiger partial charge is 0.187 e. The van der Waals surface area contributed by atoms with Crippen LogP contribution in [0.5, 0.6) is 0 Å². The van der Waals surface area contributed by atoms with Gasteiger partial charge in [0.15, 0.2) is 14.1 Å². The van der Waals surface area contributed by atoms with E-state index in [4.69, 9.17) is 9.16 Å². The number of ketones is 1. The second-order valence-electron chi connectivity index (χ2n) is 6.42. The molecule has 0 saturated heterocycles. The Labute approximate surface area is 105 Å². The van der Waals surface area contributed by atoms with E-state index in [2.05, 4.69) is 26.6 Å². The number of fused-ring (bicyclic) bond motifs is 1. The Kier molecular flexibility index (Phi) is 3.25. The molecular weight excluding hydrogens is 232 g/mol. The fourth-order valence-corrected chi connectivity index (χ4v) is 5.02. The molecule has 0 heterocycles. The van der Waals surface area contributed by atoms with Crippen LogP contribution in [-0.4, -0.2) is 27.0 Å². The molecule has 0 aromatic carbocycles. The maximum Gasteiger partial charge on any atom is 0.187 e. The minimum absolute atomic E-state index is 0.181. The number of ether oxygens (including phenoxy) is 1. The first-order valence-corrected chi connectivity index (χ1v) is 10.0. The van der Waals surface area contributed by atoms with Gasteiger partial charge in [-0.2, -0.15) is 0 Å². The van der Waals surface area contributed by atoms with Gasteiger partial charge in [0.1, 0.15) is 5.78 Å². The van der Waals surface area contributed by atoms with Crippen molar-refractivity contribution >= 4 is 14.1 Å². The number of rotatable bonds is 3. The highest BCUT2D eigenvalue weighted by molar-refractivity contribution is 6.69. The van der Waals surface area contributed by atoms with E-state index in [1.807, 2.05) is 0 Å². The van der Waals surface area contributed by atoms with E-state index in [1.54, 1.807) is 7.11 Å². The molecule has 98 valence electrons. The van der Waals surface area contributed by atoms with Gasteiger partial charge in [-0.1, -0.05) is 6.92 Å². The van der Waals surface area contributed by atoms with E-state index in [1.165, 1.54) is 0 Å². The first-order chi connectivity index (χ1) is 7.82. The zero-order valence-electron chi connectivity index (χ0n) is 11.6. The van der Waals surface area contributed by atoms with Crippen molar-refractivity contribution in [3.05, 3.63) is 0 Å². The molecule has 4 atom stereocenters. The quantitative estimate of drug-likeness (QED) is 0.575. The Morgan fingerprint density at radius 1 is 1.35 bits per heavy atom. The lowest BCUT2D eigenvalue weighted by atomic mass is 9.54. The number of hydrogen-bond acceptors (Lipinski definition) is 3. The monoisotopic (exact) mass is 256 g/mol. The van der Waals surface area contributed by atoms with Gasteiger partial charge in [-0.15, -0.1) is 0 Å². The van der Waals surface area contributed by atoms with Crippen LogP contribution in [0.1, 0.15) is 26.2 Å². The van der Waals surface area contributed by atoms with Gasteiger partial charge in [0.25, 0.3) is 0 Å². The van der Waals surface area contributed by atoms with Crippen molar-refractivity contribution in [3.8, 4) is 0 Å². The Hall–Kier alpha value is -0.193. The van der Waals surface area contributed by atoms with Crippen LogP contribution in [0.4, 0.5) is 0 Å². The van der Waals surface area contributed by atoms with Crippen molar-refractivity contribution in [2.24, 2.45) is 17.8 Å². The largest absolute Gasteiger partial charge is 0.390 e. The highest BCUT2D eigenvalue weighted by Gasteiger charge is 2.65. The second-order valence-corrected chi connectivity index (χ2v) is 10.8. The number of Topliss-reactive ketones (excluding diaryl/α,β-unsaturated/α-hetero) is 1. The Morgan fingerprint density at radius 2 is 2.00 bits per heavy atom. The van der Waals surface area contributed by atoms with Crippen LogP contribution in [0.25, 0.3) is 0 Å². The third kappa shape index (κ3) is 2.00. The summed E-state index contributed by atoms with van der Waals surface area (Å²) >= 11 is 0. The summed E-state index contributed by atoms with van der Waals surface area (Å²) in [5.41, 5.74) is 0. The Balaban J connectivity index is 2.22. The SMILES string of the molecule is COC1(O[Si](C)(C)C)C(C)C2C(=O)CCCC21. The Bertz CT molecular complexity index is 323. The van der Waals surface area contributed by atoms with E-state index in [0.29, 0.717) is 5.78 Å². The van der Waals surface area contributed by atoms with Crippen LogP contribution < -0.4 is 0 Å². The van der Waals surface area contributed by atoms with Crippen LogP contribution in [0.15, 0.2) is 0 Å². The normalized spacial score (nSPS) is 41.9. The van der Waals surface area contributed by atoms with Gasteiger partial charge in [-0.05, 0) is 32.5 Å². The van der Waals surface area contributed by atoms with Crippen molar-refractivity contribution in [1.82, 2.24) is 0 Å². The van der Waals surface area contributed by atoms with Gasteiger partial charge < -0.3 is 9.16 Å². The van der Waals surface area contributed by atoms with Crippen molar-refractivity contribution in [2.75, 3.05) is 7.11 Å². The Morgan fingerprint density at radius 3 is 2.53 bits per heavy atom. The minimum atomic E-state index is -1.66. The van der Waals surface area contributed by atoms with Gasteiger partial charge in [0.2, 0.25) is 0 Å². The molecule has 2 fully saturated rings. The molecule has 0 aromatic rings. The molecule has 0 amide bonds. The first kappa shape index (κ1) is 13.2. The minimum Gasteiger partial charge on any atom is -0.390 e. The molecule has 0 N–H and O–H groups in total. The predicted octanol–water partition coefficient (Wildman–Crippen LogP) is 2.82. The van der Waals surface area contributed by atoms with E-state index in [9.17, 15) is 4.79 Å². The van der Waals surface area contributed by atoms with Crippen molar-refractivity contribution in [1.29, 1.82) is 0 Å². The lowest BCUT2D eigenvalue weighted by molar-refractivity contribution is -0.319. The van der Waals surface area contributed by atoms with Gasteiger partial charge in [0, 0.05) is 31.3 Å². The van der Waals surface area contributed by atoms with Crippen molar-refractivity contribution in [3.63, 3.8) is 0 Å². The maximum atomic E-state index is 11.9. The number of carbonyl (C=O) groups is 1. The molecule has 0 aliphatic heterocycles. The molecule has 4 heteroatoms. The third-order valence-electron chi connectivity index (χ3n) is 4.22. The van der Waals surface area contributed by atoms with E-state index in [-0.39, 0.29) is 17.8 Å². The van der Waals surface area contributed by atoms with Crippen LogP contribution in [-0.2, 0) is 14.0 Å². The zero-order valence-corrected chi connectivity index (χ0v) is 12.6. The van der Waals surface area contributed by atoms with Gasteiger partial charge in [-0.3, -0.25) is 4.79 Å². The van der Waals surface area contributed by atoms with E-state index in [0.717, 1.165) is 19.3 Å². The molecule has 2 aliphatic carbocycles. The molecule has 0 aromatic heterocycles. The molecule has 2 rings (SSSR count). The van der Waals surface area contributed by atoms with Crippen LogP contribution in [0.2, 0.25) is 19.6 Å². The molecule has 2 saturated carbocycles. The number of hydrogen-bond donors (Lipinski definition) is 0. The second kappa shape index (κ2) is 4.18. The predicted molar refractivity (Wildman–Crippen MR) is 69.2 cm³/mol. The highest BCUT2D eigenvalue weighted by Crippen LogP contribution is 2.57. The molecule has 3 nitrogen and oxygen atoms in total. The molecule has 2 aliphatic rings. The highest BCUT2D eigenvalue weighted by atomic mass is 28.4.